The Kier molecular flexibility index (Phi) is 4.81. The van der Waals surface area contributed by atoms with Gasteiger partial charge >= 0.3 is 5.97 Å². The van der Waals surface area contributed by atoms with E-state index < -0.39 is 11.5 Å². The Morgan fingerprint density at radius 2 is 2.21 bits per heavy atom. The second-order valence-electron chi connectivity index (χ2n) is 6.22. The van der Waals surface area contributed by atoms with Crippen molar-refractivity contribution in [2.24, 2.45) is 5.92 Å². The van der Waals surface area contributed by atoms with Crippen molar-refractivity contribution < 1.29 is 14.6 Å². The first kappa shape index (κ1) is 14.8. The Morgan fingerprint density at radius 3 is 2.79 bits per heavy atom. The van der Waals surface area contributed by atoms with Gasteiger partial charge in [0.2, 0.25) is 0 Å². The van der Waals surface area contributed by atoms with Crippen molar-refractivity contribution in [3.63, 3.8) is 0 Å². The van der Waals surface area contributed by atoms with Gasteiger partial charge in [-0.3, -0.25) is 10.1 Å². The van der Waals surface area contributed by atoms with Gasteiger partial charge in [-0.2, -0.15) is 0 Å². The minimum Gasteiger partial charge on any atom is -0.480 e. The summed E-state index contributed by atoms with van der Waals surface area (Å²) in [4.78, 5) is 13.8. The van der Waals surface area contributed by atoms with Crippen LogP contribution < -0.4 is 5.32 Å². The van der Waals surface area contributed by atoms with Crippen molar-refractivity contribution in [2.45, 2.75) is 44.2 Å². The molecule has 0 spiro atoms. The van der Waals surface area contributed by atoms with Crippen LogP contribution in [0.3, 0.4) is 0 Å². The quantitative estimate of drug-likeness (QED) is 0.687. The van der Waals surface area contributed by atoms with E-state index >= 15 is 0 Å². The first-order valence-electron chi connectivity index (χ1n) is 7.26. The lowest BCUT2D eigenvalue weighted by Crippen LogP contribution is -2.52. The summed E-state index contributed by atoms with van der Waals surface area (Å²) < 4.78 is 5.19. The van der Waals surface area contributed by atoms with Gasteiger partial charge in [-0.25, -0.2) is 0 Å². The third-order valence-corrected chi connectivity index (χ3v) is 4.27. The van der Waals surface area contributed by atoms with Gasteiger partial charge in [-0.05, 0) is 45.1 Å². The third-order valence-electron chi connectivity index (χ3n) is 4.27. The third kappa shape index (κ3) is 4.16. The molecule has 1 saturated carbocycles. The molecular weight excluding hydrogens is 244 g/mol. The molecule has 2 atom stereocenters. The van der Waals surface area contributed by atoms with Crippen LogP contribution in [0.2, 0.25) is 0 Å². The smallest absolute Gasteiger partial charge is 0.323 e. The Balaban J connectivity index is 1.77. The molecule has 0 amide bonds. The van der Waals surface area contributed by atoms with Crippen molar-refractivity contribution in [3.05, 3.63) is 0 Å². The average Bonchev–Trinajstić information content (AvgIpc) is 3.04. The lowest BCUT2D eigenvalue weighted by molar-refractivity contribution is -0.144. The SMILES string of the molecule is COCC1CCN(CCC(C)(NC2CC2)C(=O)O)C1. The second-order valence-corrected chi connectivity index (χ2v) is 6.22. The minimum absolute atomic E-state index is 0.418. The minimum atomic E-state index is -0.777. The summed E-state index contributed by atoms with van der Waals surface area (Å²) in [6.07, 6.45) is 4.05. The molecule has 2 N–H and O–H groups in total. The maximum atomic E-state index is 11.5. The summed E-state index contributed by atoms with van der Waals surface area (Å²) in [5.41, 5.74) is -0.777. The number of carboxylic acid groups (broad SMARTS) is 1. The predicted octanol–water partition coefficient (Wildman–Crippen LogP) is 0.940. The van der Waals surface area contributed by atoms with Gasteiger partial charge < -0.3 is 14.7 Å². The first-order chi connectivity index (χ1) is 9.03. The molecule has 2 rings (SSSR count). The second kappa shape index (κ2) is 6.20. The molecule has 0 aromatic carbocycles. The average molecular weight is 270 g/mol. The lowest BCUT2D eigenvalue weighted by atomic mass is 9.97. The molecule has 1 saturated heterocycles. The lowest BCUT2D eigenvalue weighted by Gasteiger charge is -2.28. The highest BCUT2D eigenvalue weighted by Crippen LogP contribution is 2.25. The summed E-state index contributed by atoms with van der Waals surface area (Å²) in [6, 6.07) is 0.418. The molecule has 2 aliphatic rings. The van der Waals surface area contributed by atoms with Gasteiger partial charge in [0.05, 0.1) is 6.61 Å². The molecule has 0 aromatic heterocycles. The highest BCUT2D eigenvalue weighted by atomic mass is 16.5. The first-order valence-corrected chi connectivity index (χ1v) is 7.26. The Labute approximate surface area is 115 Å². The summed E-state index contributed by atoms with van der Waals surface area (Å²) in [6.45, 7) is 5.58. The number of methoxy groups -OCH3 is 1. The molecule has 19 heavy (non-hydrogen) atoms. The predicted molar refractivity (Wildman–Crippen MR) is 73.2 cm³/mol. The zero-order valence-corrected chi connectivity index (χ0v) is 12.0. The molecule has 5 heteroatoms. The number of ether oxygens (including phenoxy) is 1. The number of nitrogens with one attached hydrogen (secondary N) is 1. The van der Waals surface area contributed by atoms with Crippen LogP contribution in [-0.2, 0) is 9.53 Å². The van der Waals surface area contributed by atoms with Crippen molar-refractivity contribution >= 4 is 5.97 Å². The van der Waals surface area contributed by atoms with Gasteiger partial charge in [0.15, 0.2) is 0 Å². The van der Waals surface area contributed by atoms with Crippen LogP contribution in [0.4, 0.5) is 0 Å². The van der Waals surface area contributed by atoms with Crippen LogP contribution in [-0.4, -0.2) is 60.9 Å². The van der Waals surface area contributed by atoms with Gasteiger partial charge in [0.25, 0.3) is 0 Å². The fraction of sp³-hybridized carbons (Fsp3) is 0.929. The molecule has 1 aliphatic carbocycles. The Morgan fingerprint density at radius 1 is 1.47 bits per heavy atom. The molecule has 1 aliphatic heterocycles. The number of rotatable bonds is 8. The number of aliphatic carboxylic acids is 1. The van der Waals surface area contributed by atoms with Gasteiger partial charge in [0.1, 0.15) is 5.54 Å². The molecule has 0 radical (unpaired) electrons. The van der Waals surface area contributed by atoms with Crippen LogP contribution in [0.5, 0.6) is 0 Å². The van der Waals surface area contributed by atoms with E-state index in [-0.39, 0.29) is 0 Å². The number of carboxylic acids is 1. The van der Waals surface area contributed by atoms with E-state index in [1.54, 1.807) is 7.11 Å². The van der Waals surface area contributed by atoms with Gasteiger partial charge in [0, 0.05) is 26.2 Å². The number of carbonyl (C=O) groups is 1. The van der Waals surface area contributed by atoms with Gasteiger partial charge in [-0.1, -0.05) is 0 Å². The number of likely N-dealkylation sites (tertiary alicyclic amines) is 1. The molecule has 110 valence electrons. The molecule has 0 aromatic rings. The van der Waals surface area contributed by atoms with Crippen molar-refractivity contribution in [1.82, 2.24) is 10.2 Å². The highest BCUT2D eigenvalue weighted by molar-refractivity contribution is 5.78. The van der Waals surface area contributed by atoms with E-state index in [0.717, 1.165) is 45.5 Å². The van der Waals surface area contributed by atoms with Crippen molar-refractivity contribution in [1.29, 1.82) is 0 Å². The highest BCUT2D eigenvalue weighted by Gasteiger charge is 2.38. The maximum absolute atomic E-state index is 11.5. The molecular formula is C14H26N2O3. The van der Waals surface area contributed by atoms with E-state index in [2.05, 4.69) is 10.2 Å². The van der Waals surface area contributed by atoms with Crippen LogP contribution in [0.15, 0.2) is 0 Å². The summed E-state index contributed by atoms with van der Waals surface area (Å²) >= 11 is 0. The molecule has 5 nitrogen and oxygen atoms in total. The van der Waals surface area contributed by atoms with Crippen molar-refractivity contribution in [2.75, 3.05) is 33.4 Å². The van der Waals surface area contributed by atoms with Crippen LogP contribution in [0.25, 0.3) is 0 Å². The van der Waals surface area contributed by atoms with E-state index in [1.165, 1.54) is 0 Å². The number of nitrogens with zero attached hydrogens (tertiary/aromatic N) is 1. The monoisotopic (exact) mass is 270 g/mol. The van der Waals surface area contributed by atoms with E-state index in [4.69, 9.17) is 4.74 Å². The Hall–Kier alpha value is -0.650. The molecule has 2 fully saturated rings. The number of hydrogen-bond donors (Lipinski definition) is 2. The fourth-order valence-electron chi connectivity index (χ4n) is 2.79. The van der Waals surface area contributed by atoms with Crippen LogP contribution >= 0.6 is 0 Å². The van der Waals surface area contributed by atoms with E-state index in [0.29, 0.717) is 18.4 Å². The number of hydrogen-bond acceptors (Lipinski definition) is 4. The fourth-order valence-corrected chi connectivity index (χ4v) is 2.79. The topological polar surface area (TPSA) is 61.8 Å². The maximum Gasteiger partial charge on any atom is 0.323 e. The summed E-state index contributed by atoms with van der Waals surface area (Å²) in [7, 11) is 1.74. The van der Waals surface area contributed by atoms with Crippen LogP contribution in [0, 0.1) is 5.92 Å². The van der Waals surface area contributed by atoms with Crippen LogP contribution in [0.1, 0.15) is 32.6 Å². The van der Waals surface area contributed by atoms with E-state index in [1.807, 2.05) is 6.92 Å². The normalized spacial score (nSPS) is 27.4. The molecule has 2 unspecified atom stereocenters. The van der Waals surface area contributed by atoms with Gasteiger partial charge in [-0.15, -0.1) is 0 Å². The summed E-state index contributed by atoms with van der Waals surface area (Å²) in [5, 5.41) is 12.7. The van der Waals surface area contributed by atoms with E-state index in [9.17, 15) is 9.90 Å². The van der Waals surface area contributed by atoms with Crippen molar-refractivity contribution in [3.8, 4) is 0 Å². The molecule has 0 bridgehead atoms. The zero-order valence-electron chi connectivity index (χ0n) is 12.0. The Bertz CT molecular complexity index is 320. The standard InChI is InChI=1S/C14H26N2O3/c1-14(13(17)18,15-12-3-4-12)6-8-16-7-5-11(9-16)10-19-2/h11-12,15H,3-10H2,1-2H3,(H,17,18). The largest absolute Gasteiger partial charge is 0.480 e. The molecule has 1 heterocycles. The zero-order chi connectivity index (χ0) is 13.9. The summed E-state index contributed by atoms with van der Waals surface area (Å²) in [5.74, 6) is -0.121.